The molecule has 2 rings (SSSR count). The number of anilines is 2. The van der Waals surface area contributed by atoms with Gasteiger partial charge in [-0.1, -0.05) is 12.1 Å². The van der Waals surface area contributed by atoms with Gasteiger partial charge in [0.1, 0.15) is 0 Å². The van der Waals surface area contributed by atoms with E-state index in [1.54, 1.807) is 0 Å². The summed E-state index contributed by atoms with van der Waals surface area (Å²) >= 11 is 0. The van der Waals surface area contributed by atoms with E-state index >= 15 is 0 Å². The zero-order valence-corrected chi connectivity index (χ0v) is 9.60. The van der Waals surface area contributed by atoms with Crippen LogP contribution in [0.2, 0.25) is 0 Å². The molecule has 0 bridgehead atoms. The van der Waals surface area contributed by atoms with E-state index in [1.807, 2.05) is 18.2 Å². The van der Waals surface area contributed by atoms with Gasteiger partial charge in [-0.25, -0.2) is 0 Å². The lowest BCUT2D eigenvalue weighted by Crippen LogP contribution is -2.41. The Kier molecular flexibility index (Phi) is 3.67. The molecule has 0 spiro atoms. The molecular formula is C13H20N2O. The number of nitrogens with zero attached hydrogens (tertiary/aromatic N) is 1. The van der Waals surface area contributed by atoms with Crippen molar-refractivity contribution >= 4 is 11.4 Å². The van der Waals surface area contributed by atoms with Crippen molar-refractivity contribution in [1.82, 2.24) is 0 Å². The summed E-state index contributed by atoms with van der Waals surface area (Å²) in [5.74, 6) is 0. The Morgan fingerprint density at radius 2 is 2.06 bits per heavy atom. The van der Waals surface area contributed by atoms with Gasteiger partial charge in [-0.15, -0.1) is 0 Å². The van der Waals surface area contributed by atoms with Gasteiger partial charge in [-0.3, -0.25) is 0 Å². The molecule has 88 valence electrons. The van der Waals surface area contributed by atoms with Gasteiger partial charge in [0, 0.05) is 19.2 Å². The maximum atomic E-state index is 8.95. The normalized spacial score (nSPS) is 15.8. The molecule has 0 amide bonds. The molecule has 3 N–H and O–H groups in total. The Balaban J connectivity index is 2.13. The maximum Gasteiger partial charge on any atom is 0.0602 e. The predicted octanol–water partition coefficient (Wildman–Crippen LogP) is 2.01. The van der Waals surface area contributed by atoms with Crippen molar-refractivity contribution in [1.29, 1.82) is 0 Å². The van der Waals surface area contributed by atoms with Crippen LogP contribution in [-0.4, -0.2) is 24.3 Å². The minimum atomic E-state index is 0.246. The summed E-state index contributed by atoms with van der Waals surface area (Å²) in [5.41, 5.74) is 7.97. The van der Waals surface area contributed by atoms with Gasteiger partial charge in [-0.05, 0) is 37.8 Å². The third kappa shape index (κ3) is 2.30. The number of benzene rings is 1. The highest BCUT2D eigenvalue weighted by Crippen LogP contribution is 2.32. The van der Waals surface area contributed by atoms with Gasteiger partial charge in [0.05, 0.1) is 11.4 Å². The van der Waals surface area contributed by atoms with E-state index < -0.39 is 0 Å². The zero-order chi connectivity index (χ0) is 11.4. The number of aliphatic hydroxyl groups excluding tert-OH is 1. The second-order valence-electron chi connectivity index (χ2n) is 4.41. The summed E-state index contributed by atoms with van der Waals surface area (Å²) in [6, 6.07) is 8.63. The van der Waals surface area contributed by atoms with Crippen LogP contribution in [0.5, 0.6) is 0 Å². The van der Waals surface area contributed by atoms with Crippen LogP contribution in [0.3, 0.4) is 0 Å². The van der Waals surface area contributed by atoms with E-state index in [0.29, 0.717) is 6.04 Å². The Labute approximate surface area is 96.9 Å². The first-order valence-electron chi connectivity index (χ1n) is 6.05. The number of aliphatic hydroxyl groups is 1. The van der Waals surface area contributed by atoms with Gasteiger partial charge in [0.15, 0.2) is 0 Å². The van der Waals surface area contributed by atoms with Crippen LogP contribution in [0.1, 0.15) is 25.7 Å². The first-order valence-corrected chi connectivity index (χ1v) is 6.05. The Morgan fingerprint density at radius 1 is 1.31 bits per heavy atom. The van der Waals surface area contributed by atoms with Crippen molar-refractivity contribution in [3.63, 3.8) is 0 Å². The van der Waals surface area contributed by atoms with Gasteiger partial charge >= 0.3 is 0 Å². The van der Waals surface area contributed by atoms with Crippen molar-refractivity contribution in [3.8, 4) is 0 Å². The number of para-hydroxylation sites is 2. The second-order valence-corrected chi connectivity index (χ2v) is 4.41. The highest BCUT2D eigenvalue weighted by molar-refractivity contribution is 5.67. The lowest BCUT2D eigenvalue weighted by atomic mass is 9.90. The van der Waals surface area contributed by atoms with Gasteiger partial charge in [0.25, 0.3) is 0 Å². The molecule has 1 aromatic carbocycles. The summed E-state index contributed by atoms with van der Waals surface area (Å²) in [6.45, 7) is 1.14. The van der Waals surface area contributed by atoms with E-state index in [4.69, 9.17) is 10.8 Å². The standard InChI is InChI=1S/C13H20N2O/c14-12-7-1-2-8-13(12)15(9-4-10-16)11-5-3-6-11/h1-2,7-8,11,16H,3-6,9-10,14H2. The molecule has 1 aromatic rings. The van der Waals surface area contributed by atoms with Crippen LogP contribution in [0, 0.1) is 0 Å². The van der Waals surface area contributed by atoms with E-state index in [9.17, 15) is 0 Å². The lowest BCUT2D eigenvalue weighted by Gasteiger charge is -2.39. The van der Waals surface area contributed by atoms with Crippen molar-refractivity contribution in [2.24, 2.45) is 0 Å². The van der Waals surface area contributed by atoms with Crippen molar-refractivity contribution in [2.75, 3.05) is 23.8 Å². The van der Waals surface area contributed by atoms with Crippen LogP contribution in [0.25, 0.3) is 0 Å². The van der Waals surface area contributed by atoms with Crippen molar-refractivity contribution < 1.29 is 5.11 Å². The third-order valence-corrected chi connectivity index (χ3v) is 3.32. The molecule has 0 radical (unpaired) electrons. The van der Waals surface area contributed by atoms with Crippen LogP contribution >= 0.6 is 0 Å². The van der Waals surface area contributed by atoms with E-state index in [-0.39, 0.29) is 6.61 Å². The second kappa shape index (κ2) is 5.21. The third-order valence-electron chi connectivity index (χ3n) is 3.32. The van der Waals surface area contributed by atoms with Crippen LogP contribution in [0.4, 0.5) is 11.4 Å². The summed E-state index contributed by atoms with van der Waals surface area (Å²) < 4.78 is 0. The molecule has 0 unspecified atom stereocenters. The average molecular weight is 220 g/mol. The largest absolute Gasteiger partial charge is 0.397 e. The first-order chi connectivity index (χ1) is 7.83. The van der Waals surface area contributed by atoms with E-state index in [0.717, 1.165) is 24.3 Å². The van der Waals surface area contributed by atoms with Gasteiger partial charge in [0.2, 0.25) is 0 Å². The van der Waals surface area contributed by atoms with Gasteiger partial charge in [-0.2, -0.15) is 0 Å². The van der Waals surface area contributed by atoms with Crippen LogP contribution in [-0.2, 0) is 0 Å². The fourth-order valence-electron chi connectivity index (χ4n) is 2.19. The Hall–Kier alpha value is -1.22. The van der Waals surface area contributed by atoms with E-state index in [1.165, 1.54) is 19.3 Å². The topological polar surface area (TPSA) is 49.5 Å². The van der Waals surface area contributed by atoms with Crippen LogP contribution in [0.15, 0.2) is 24.3 Å². The summed E-state index contributed by atoms with van der Waals surface area (Å²) in [5, 5.41) is 8.95. The fraction of sp³-hybridized carbons (Fsp3) is 0.538. The quantitative estimate of drug-likeness (QED) is 0.746. The van der Waals surface area contributed by atoms with E-state index in [2.05, 4.69) is 11.0 Å². The number of rotatable bonds is 5. The van der Waals surface area contributed by atoms with Gasteiger partial charge < -0.3 is 15.7 Å². The van der Waals surface area contributed by atoms with Crippen molar-refractivity contribution in [3.05, 3.63) is 24.3 Å². The molecule has 1 fully saturated rings. The number of hydrogen-bond donors (Lipinski definition) is 2. The zero-order valence-electron chi connectivity index (χ0n) is 9.60. The molecule has 0 heterocycles. The van der Waals surface area contributed by atoms with Crippen molar-refractivity contribution in [2.45, 2.75) is 31.7 Å². The molecule has 0 saturated heterocycles. The number of nitrogens with two attached hydrogens (primary N) is 1. The highest BCUT2D eigenvalue weighted by Gasteiger charge is 2.25. The SMILES string of the molecule is Nc1ccccc1N(CCCO)C1CCC1. The molecule has 0 aliphatic heterocycles. The maximum absolute atomic E-state index is 8.95. The molecular weight excluding hydrogens is 200 g/mol. The molecule has 3 nitrogen and oxygen atoms in total. The predicted molar refractivity (Wildman–Crippen MR) is 67.5 cm³/mol. The molecule has 3 heteroatoms. The average Bonchev–Trinajstić information content (AvgIpc) is 2.22. The smallest absolute Gasteiger partial charge is 0.0602 e. The summed E-state index contributed by atoms with van der Waals surface area (Å²) in [6.07, 6.45) is 4.62. The molecule has 1 aliphatic rings. The minimum Gasteiger partial charge on any atom is -0.397 e. The number of nitrogen functional groups attached to an aromatic ring is 1. The molecule has 0 atom stereocenters. The lowest BCUT2D eigenvalue weighted by molar-refractivity contribution is 0.283. The summed E-state index contributed by atoms with van der Waals surface area (Å²) in [4.78, 5) is 2.36. The first kappa shape index (κ1) is 11.3. The summed E-state index contributed by atoms with van der Waals surface area (Å²) in [7, 11) is 0. The monoisotopic (exact) mass is 220 g/mol. The van der Waals surface area contributed by atoms with Crippen LogP contribution < -0.4 is 10.6 Å². The Bertz CT molecular complexity index is 336. The Morgan fingerprint density at radius 3 is 2.62 bits per heavy atom. The molecule has 1 aliphatic carbocycles. The number of hydrogen-bond acceptors (Lipinski definition) is 3. The molecule has 16 heavy (non-hydrogen) atoms. The molecule has 0 aromatic heterocycles. The highest BCUT2D eigenvalue weighted by atomic mass is 16.3. The fourth-order valence-corrected chi connectivity index (χ4v) is 2.19. The minimum absolute atomic E-state index is 0.246. The molecule has 1 saturated carbocycles.